The lowest BCUT2D eigenvalue weighted by Gasteiger charge is -2.08. The van der Waals surface area contributed by atoms with Gasteiger partial charge in [-0.2, -0.15) is 0 Å². The second-order valence-corrected chi connectivity index (χ2v) is 6.33. The Balaban J connectivity index is 1.85. The first-order valence-electron chi connectivity index (χ1n) is 9.28. The van der Waals surface area contributed by atoms with E-state index < -0.39 is 0 Å². The van der Waals surface area contributed by atoms with Crippen molar-refractivity contribution in [3.05, 3.63) is 42.5 Å². The minimum absolute atomic E-state index is 0.904. The predicted octanol–water partition coefficient (Wildman–Crippen LogP) is 6.21. The molecule has 0 aliphatic rings. The number of rotatable bonds is 14. The summed E-state index contributed by atoms with van der Waals surface area (Å²) < 4.78 is 0. The second kappa shape index (κ2) is 13.6. The Morgan fingerprint density at radius 2 is 1.36 bits per heavy atom. The Labute approximate surface area is 138 Å². The van der Waals surface area contributed by atoms with E-state index in [1.165, 1.54) is 75.3 Å². The lowest BCUT2D eigenvalue weighted by Crippen LogP contribution is -2.17. The van der Waals surface area contributed by atoms with Gasteiger partial charge in [0.15, 0.2) is 0 Å². The molecule has 0 saturated heterocycles. The van der Waals surface area contributed by atoms with Gasteiger partial charge >= 0.3 is 0 Å². The van der Waals surface area contributed by atoms with Crippen LogP contribution in [-0.4, -0.2) is 13.1 Å². The van der Waals surface area contributed by atoms with E-state index in [9.17, 15) is 0 Å². The molecule has 1 rings (SSSR count). The molecule has 0 unspecified atom stereocenters. The summed E-state index contributed by atoms with van der Waals surface area (Å²) in [5.74, 6) is 0. The molecule has 1 aromatic carbocycles. The molecule has 0 amide bonds. The average Bonchev–Trinajstić information content (AvgIpc) is 2.56. The van der Waals surface area contributed by atoms with Crippen molar-refractivity contribution in [3.63, 3.8) is 0 Å². The SMILES string of the molecule is C=C(CNCCCCCCCCCCCC)c1ccccc1. The van der Waals surface area contributed by atoms with Gasteiger partial charge in [-0.3, -0.25) is 0 Å². The predicted molar refractivity (Wildman–Crippen MR) is 100 cm³/mol. The minimum Gasteiger partial charge on any atom is -0.313 e. The highest BCUT2D eigenvalue weighted by atomic mass is 14.8. The molecule has 0 bridgehead atoms. The van der Waals surface area contributed by atoms with Gasteiger partial charge in [0.05, 0.1) is 0 Å². The molecule has 0 aliphatic carbocycles. The van der Waals surface area contributed by atoms with Gasteiger partial charge in [0, 0.05) is 6.54 Å². The molecular formula is C21H35N. The molecule has 22 heavy (non-hydrogen) atoms. The van der Waals surface area contributed by atoms with Crippen molar-refractivity contribution in [1.29, 1.82) is 0 Å². The van der Waals surface area contributed by atoms with E-state index in [1.807, 2.05) is 6.07 Å². The first kappa shape index (κ1) is 19.0. The van der Waals surface area contributed by atoms with Crippen LogP contribution in [-0.2, 0) is 0 Å². The summed E-state index contributed by atoms with van der Waals surface area (Å²) in [5, 5.41) is 3.51. The summed E-state index contributed by atoms with van der Waals surface area (Å²) in [6, 6.07) is 10.5. The highest BCUT2D eigenvalue weighted by Crippen LogP contribution is 2.11. The Morgan fingerprint density at radius 1 is 0.818 bits per heavy atom. The molecule has 1 nitrogen and oxygen atoms in total. The number of unbranched alkanes of at least 4 members (excludes halogenated alkanes) is 9. The van der Waals surface area contributed by atoms with Crippen LogP contribution in [0.5, 0.6) is 0 Å². The number of hydrogen-bond acceptors (Lipinski definition) is 1. The number of nitrogens with one attached hydrogen (secondary N) is 1. The maximum absolute atomic E-state index is 4.15. The lowest BCUT2D eigenvalue weighted by atomic mass is 10.1. The summed E-state index contributed by atoms with van der Waals surface area (Å²) in [5.41, 5.74) is 2.44. The normalized spacial score (nSPS) is 10.8. The molecule has 0 aromatic heterocycles. The van der Waals surface area contributed by atoms with E-state index in [0.29, 0.717) is 0 Å². The molecule has 1 heteroatoms. The largest absolute Gasteiger partial charge is 0.313 e. The average molecular weight is 302 g/mol. The van der Waals surface area contributed by atoms with E-state index in [0.717, 1.165) is 13.1 Å². The van der Waals surface area contributed by atoms with Gasteiger partial charge < -0.3 is 5.32 Å². The third kappa shape index (κ3) is 9.78. The van der Waals surface area contributed by atoms with Crippen LogP contribution in [0.2, 0.25) is 0 Å². The molecule has 0 saturated carbocycles. The number of hydrogen-bond donors (Lipinski definition) is 1. The lowest BCUT2D eigenvalue weighted by molar-refractivity contribution is 0.549. The molecule has 0 spiro atoms. The zero-order chi connectivity index (χ0) is 15.9. The van der Waals surface area contributed by atoms with E-state index in [4.69, 9.17) is 0 Å². The van der Waals surface area contributed by atoms with Crippen molar-refractivity contribution in [2.75, 3.05) is 13.1 Å². The fraction of sp³-hybridized carbons (Fsp3) is 0.619. The third-order valence-corrected chi connectivity index (χ3v) is 4.23. The molecule has 0 fully saturated rings. The van der Waals surface area contributed by atoms with Gasteiger partial charge in [0.2, 0.25) is 0 Å². The third-order valence-electron chi connectivity index (χ3n) is 4.23. The second-order valence-electron chi connectivity index (χ2n) is 6.33. The quantitative estimate of drug-likeness (QED) is 0.403. The maximum atomic E-state index is 4.15. The molecule has 124 valence electrons. The van der Waals surface area contributed by atoms with Gasteiger partial charge in [-0.15, -0.1) is 0 Å². The molecular weight excluding hydrogens is 266 g/mol. The van der Waals surface area contributed by atoms with Crippen LogP contribution in [0.4, 0.5) is 0 Å². The number of benzene rings is 1. The van der Waals surface area contributed by atoms with Gasteiger partial charge in [-0.1, -0.05) is 102 Å². The van der Waals surface area contributed by atoms with Crippen LogP contribution in [0.1, 0.15) is 76.7 Å². The van der Waals surface area contributed by atoms with Crippen molar-refractivity contribution < 1.29 is 0 Å². The molecule has 0 aliphatic heterocycles. The highest BCUT2D eigenvalue weighted by molar-refractivity contribution is 5.64. The summed E-state index contributed by atoms with van der Waals surface area (Å²) >= 11 is 0. The Bertz CT molecular complexity index is 369. The van der Waals surface area contributed by atoms with Crippen molar-refractivity contribution in [2.45, 2.75) is 71.1 Å². The molecule has 0 atom stereocenters. The monoisotopic (exact) mass is 301 g/mol. The standard InChI is InChI=1S/C21H35N/c1-3-4-5-6-7-8-9-10-11-15-18-22-19-20(2)21-16-13-12-14-17-21/h12-14,16-17,22H,2-11,15,18-19H2,1H3. The van der Waals surface area contributed by atoms with Crippen molar-refractivity contribution in [3.8, 4) is 0 Å². The summed E-state index contributed by atoms with van der Waals surface area (Å²) in [7, 11) is 0. The van der Waals surface area contributed by atoms with Gasteiger partial charge in [0.1, 0.15) is 0 Å². The van der Waals surface area contributed by atoms with Crippen LogP contribution < -0.4 is 5.32 Å². The smallest absolute Gasteiger partial charge is 0.0205 e. The first-order chi connectivity index (χ1) is 10.8. The highest BCUT2D eigenvalue weighted by Gasteiger charge is 1.97. The summed E-state index contributed by atoms with van der Waals surface area (Å²) in [4.78, 5) is 0. The van der Waals surface area contributed by atoms with Crippen LogP contribution >= 0.6 is 0 Å². The van der Waals surface area contributed by atoms with Crippen LogP contribution in [0.3, 0.4) is 0 Å². The molecule has 0 heterocycles. The zero-order valence-electron chi connectivity index (χ0n) is 14.6. The van der Waals surface area contributed by atoms with Crippen LogP contribution in [0.15, 0.2) is 36.9 Å². The van der Waals surface area contributed by atoms with E-state index in [1.54, 1.807) is 0 Å². The molecule has 0 radical (unpaired) electrons. The fourth-order valence-electron chi connectivity index (χ4n) is 2.75. The topological polar surface area (TPSA) is 12.0 Å². The van der Waals surface area contributed by atoms with Crippen molar-refractivity contribution in [1.82, 2.24) is 5.32 Å². The molecule has 1 aromatic rings. The first-order valence-corrected chi connectivity index (χ1v) is 9.28. The van der Waals surface area contributed by atoms with Crippen LogP contribution in [0.25, 0.3) is 5.57 Å². The Morgan fingerprint density at radius 3 is 1.95 bits per heavy atom. The van der Waals surface area contributed by atoms with Crippen LogP contribution in [0, 0.1) is 0 Å². The summed E-state index contributed by atoms with van der Waals surface area (Å²) in [6.07, 6.45) is 14.0. The summed E-state index contributed by atoms with van der Waals surface area (Å²) in [6.45, 7) is 8.45. The minimum atomic E-state index is 0.904. The van der Waals surface area contributed by atoms with Gasteiger partial charge in [-0.25, -0.2) is 0 Å². The van der Waals surface area contributed by atoms with E-state index in [2.05, 4.69) is 43.1 Å². The van der Waals surface area contributed by atoms with Crippen molar-refractivity contribution >= 4 is 5.57 Å². The Kier molecular flexibility index (Phi) is 11.7. The van der Waals surface area contributed by atoms with Gasteiger partial charge in [-0.05, 0) is 24.1 Å². The molecule has 1 N–H and O–H groups in total. The zero-order valence-corrected chi connectivity index (χ0v) is 14.6. The Hall–Kier alpha value is -1.08. The van der Waals surface area contributed by atoms with E-state index >= 15 is 0 Å². The van der Waals surface area contributed by atoms with Crippen molar-refractivity contribution in [2.24, 2.45) is 0 Å². The van der Waals surface area contributed by atoms with Gasteiger partial charge in [0.25, 0.3) is 0 Å². The maximum Gasteiger partial charge on any atom is 0.0205 e. The fourth-order valence-corrected chi connectivity index (χ4v) is 2.75. The van der Waals surface area contributed by atoms with E-state index in [-0.39, 0.29) is 0 Å².